The summed E-state index contributed by atoms with van der Waals surface area (Å²) in [6, 6.07) is 2.76. The second-order valence-corrected chi connectivity index (χ2v) is 4.31. The van der Waals surface area contributed by atoms with Gasteiger partial charge in [0.05, 0.1) is 18.2 Å². The normalized spacial score (nSPS) is 14.5. The SMILES string of the molecule is COc1ccc(C(O)C(C(F)(F)F)C(F)(F)F)cc1Cl. The zero-order valence-corrected chi connectivity index (χ0v) is 10.6. The molecule has 0 aromatic heterocycles. The van der Waals surface area contributed by atoms with Crippen LogP contribution in [-0.4, -0.2) is 24.6 Å². The molecule has 20 heavy (non-hydrogen) atoms. The minimum Gasteiger partial charge on any atom is -0.495 e. The molecule has 1 aromatic rings. The summed E-state index contributed by atoms with van der Waals surface area (Å²) in [5, 5.41) is 9.20. The maximum absolute atomic E-state index is 12.5. The number of alkyl halides is 6. The van der Waals surface area contributed by atoms with Gasteiger partial charge in [0, 0.05) is 0 Å². The minimum atomic E-state index is -5.63. The largest absolute Gasteiger partial charge is 0.495 e. The third-order valence-electron chi connectivity index (χ3n) is 2.54. The zero-order chi connectivity index (χ0) is 15.7. The highest BCUT2D eigenvalue weighted by Gasteiger charge is 2.60. The summed E-state index contributed by atoms with van der Waals surface area (Å²) in [6.07, 6.45) is -14.1. The molecule has 0 aliphatic heterocycles. The lowest BCUT2D eigenvalue weighted by Gasteiger charge is -2.27. The molecule has 114 valence electrons. The van der Waals surface area contributed by atoms with Crippen molar-refractivity contribution in [1.82, 2.24) is 0 Å². The smallest absolute Gasteiger partial charge is 0.403 e. The van der Waals surface area contributed by atoms with Gasteiger partial charge in [-0.05, 0) is 17.7 Å². The molecule has 0 fully saturated rings. The van der Waals surface area contributed by atoms with Gasteiger partial charge in [0.15, 0.2) is 5.92 Å². The number of ether oxygens (including phenoxy) is 1. The van der Waals surface area contributed by atoms with Gasteiger partial charge in [-0.2, -0.15) is 26.3 Å². The number of halogens is 7. The molecule has 0 amide bonds. The fraction of sp³-hybridized carbons (Fsp3) is 0.455. The lowest BCUT2D eigenvalue weighted by atomic mass is 9.94. The molecule has 0 aliphatic rings. The van der Waals surface area contributed by atoms with Gasteiger partial charge in [-0.25, -0.2) is 0 Å². The van der Waals surface area contributed by atoms with Gasteiger partial charge < -0.3 is 9.84 Å². The molecule has 2 nitrogen and oxygen atoms in total. The van der Waals surface area contributed by atoms with Crippen LogP contribution in [0.25, 0.3) is 0 Å². The lowest BCUT2D eigenvalue weighted by Crippen LogP contribution is -2.40. The van der Waals surface area contributed by atoms with Crippen molar-refractivity contribution in [3.63, 3.8) is 0 Å². The van der Waals surface area contributed by atoms with Gasteiger partial charge >= 0.3 is 12.4 Å². The molecule has 0 radical (unpaired) electrons. The van der Waals surface area contributed by atoms with Gasteiger partial charge in [-0.3, -0.25) is 0 Å². The first kappa shape index (κ1) is 16.9. The number of hydrogen-bond acceptors (Lipinski definition) is 2. The van der Waals surface area contributed by atoms with Crippen LogP contribution >= 0.6 is 11.6 Å². The van der Waals surface area contributed by atoms with Crippen molar-refractivity contribution in [1.29, 1.82) is 0 Å². The Morgan fingerprint density at radius 2 is 1.60 bits per heavy atom. The monoisotopic (exact) mass is 322 g/mol. The fourth-order valence-corrected chi connectivity index (χ4v) is 1.87. The van der Waals surface area contributed by atoms with Crippen LogP contribution in [0.2, 0.25) is 5.02 Å². The number of benzene rings is 1. The maximum Gasteiger partial charge on any atom is 0.403 e. The molecular weight excluding hydrogens is 314 g/mol. The van der Waals surface area contributed by atoms with Gasteiger partial charge in [-0.1, -0.05) is 17.7 Å². The van der Waals surface area contributed by atoms with E-state index in [4.69, 9.17) is 16.3 Å². The van der Waals surface area contributed by atoms with Crippen molar-refractivity contribution in [2.24, 2.45) is 5.92 Å². The topological polar surface area (TPSA) is 29.5 Å². The van der Waals surface area contributed by atoms with Crippen LogP contribution in [0.15, 0.2) is 18.2 Å². The second kappa shape index (κ2) is 5.69. The van der Waals surface area contributed by atoms with Gasteiger partial charge in [0.2, 0.25) is 0 Å². The van der Waals surface area contributed by atoms with E-state index >= 15 is 0 Å². The number of rotatable bonds is 3. The first-order valence-electron chi connectivity index (χ1n) is 5.13. The minimum absolute atomic E-state index is 0.0678. The van der Waals surface area contributed by atoms with Crippen LogP contribution in [-0.2, 0) is 0 Å². The summed E-state index contributed by atoms with van der Waals surface area (Å²) < 4.78 is 79.5. The highest BCUT2D eigenvalue weighted by atomic mass is 35.5. The van der Waals surface area contributed by atoms with E-state index in [0.717, 1.165) is 18.2 Å². The average molecular weight is 323 g/mol. The summed E-state index contributed by atoms with van der Waals surface area (Å²) >= 11 is 5.61. The predicted octanol–water partition coefficient (Wildman–Crippen LogP) is 4.12. The number of hydrogen-bond donors (Lipinski definition) is 1. The predicted molar refractivity (Wildman–Crippen MR) is 58.6 cm³/mol. The van der Waals surface area contributed by atoms with Crippen LogP contribution in [0, 0.1) is 5.92 Å². The Kier molecular flexibility index (Phi) is 4.81. The van der Waals surface area contributed by atoms with E-state index in [9.17, 15) is 31.4 Å². The van der Waals surface area contributed by atoms with Crippen LogP contribution in [0.5, 0.6) is 5.75 Å². The van der Waals surface area contributed by atoms with E-state index in [-0.39, 0.29) is 10.8 Å². The standard InChI is InChI=1S/C11H9ClF6O2/c1-20-7-3-2-5(4-6(7)12)8(19)9(10(13,14)15)11(16,17)18/h2-4,8-9,19H,1H3. The van der Waals surface area contributed by atoms with Crippen LogP contribution in [0.1, 0.15) is 11.7 Å². The van der Waals surface area contributed by atoms with Crippen LogP contribution in [0.4, 0.5) is 26.3 Å². The Bertz CT molecular complexity index is 457. The average Bonchev–Trinajstić information content (AvgIpc) is 2.24. The molecule has 0 spiro atoms. The van der Waals surface area contributed by atoms with E-state index < -0.39 is 29.9 Å². The van der Waals surface area contributed by atoms with Gasteiger partial charge in [0.1, 0.15) is 5.75 Å². The molecule has 0 saturated carbocycles. The Balaban J connectivity index is 3.20. The Hall–Kier alpha value is -1.15. The summed E-state index contributed by atoms with van der Waals surface area (Å²) in [5.74, 6) is -3.82. The molecule has 1 unspecified atom stereocenters. The van der Waals surface area contributed by atoms with Crippen molar-refractivity contribution < 1.29 is 36.2 Å². The lowest BCUT2D eigenvalue weighted by molar-refractivity contribution is -0.307. The summed E-state index contributed by atoms with van der Waals surface area (Å²) in [5.41, 5.74) is -0.601. The van der Waals surface area contributed by atoms with Crippen LogP contribution < -0.4 is 4.74 Å². The van der Waals surface area contributed by atoms with Crippen molar-refractivity contribution in [3.05, 3.63) is 28.8 Å². The molecular formula is C11H9ClF6O2. The van der Waals surface area contributed by atoms with Gasteiger partial charge in [0.25, 0.3) is 0 Å². The van der Waals surface area contributed by atoms with E-state index in [2.05, 4.69) is 0 Å². The summed E-state index contributed by atoms with van der Waals surface area (Å²) in [4.78, 5) is 0. The number of methoxy groups -OCH3 is 1. The van der Waals surface area contributed by atoms with E-state index in [1.807, 2.05) is 0 Å². The summed E-state index contributed by atoms with van der Waals surface area (Å²) in [7, 11) is 1.23. The molecule has 1 atom stereocenters. The van der Waals surface area contributed by atoms with Crippen molar-refractivity contribution in [3.8, 4) is 5.75 Å². The molecule has 0 saturated heterocycles. The molecule has 0 bridgehead atoms. The third-order valence-corrected chi connectivity index (χ3v) is 2.83. The molecule has 1 rings (SSSR count). The van der Waals surface area contributed by atoms with Gasteiger partial charge in [-0.15, -0.1) is 0 Å². The first-order valence-corrected chi connectivity index (χ1v) is 5.51. The third kappa shape index (κ3) is 3.69. The Morgan fingerprint density at radius 3 is 1.95 bits per heavy atom. The molecule has 9 heteroatoms. The maximum atomic E-state index is 12.5. The van der Waals surface area contributed by atoms with E-state index in [1.165, 1.54) is 7.11 Å². The summed E-state index contributed by atoms with van der Waals surface area (Å²) in [6.45, 7) is 0. The number of aliphatic hydroxyl groups excluding tert-OH is 1. The van der Waals surface area contributed by atoms with Crippen LogP contribution in [0.3, 0.4) is 0 Å². The zero-order valence-electron chi connectivity index (χ0n) is 9.89. The number of aliphatic hydroxyl groups is 1. The Morgan fingerprint density at radius 1 is 1.10 bits per heavy atom. The fourth-order valence-electron chi connectivity index (χ4n) is 1.60. The molecule has 1 aromatic carbocycles. The van der Waals surface area contributed by atoms with E-state index in [0.29, 0.717) is 0 Å². The van der Waals surface area contributed by atoms with Crippen molar-refractivity contribution in [2.45, 2.75) is 18.5 Å². The van der Waals surface area contributed by atoms with Crippen molar-refractivity contribution in [2.75, 3.05) is 7.11 Å². The van der Waals surface area contributed by atoms with E-state index in [1.54, 1.807) is 0 Å². The quantitative estimate of drug-likeness (QED) is 0.848. The Labute approximate surface area is 114 Å². The molecule has 0 heterocycles. The highest BCUT2D eigenvalue weighted by molar-refractivity contribution is 6.32. The molecule has 0 aliphatic carbocycles. The second-order valence-electron chi connectivity index (χ2n) is 3.90. The van der Waals surface area contributed by atoms with Crippen molar-refractivity contribution >= 4 is 11.6 Å². The highest BCUT2D eigenvalue weighted by Crippen LogP contribution is 2.46. The molecule has 1 N–H and O–H groups in total. The first-order chi connectivity index (χ1) is 8.98.